The van der Waals surface area contributed by atoms with Gasteiger partial charge in [-0.2, -0.15) is 0 Å². The Morgan fingerprint density at radius 3 is 1.50 bits per heavy atom. The first-order valence-corrected chi connectivity index (χ1v) is 12.6. The summed E-state index contributed by atoms with van der Waals surface area (Å²) < 4.78 is 0. The van der Waals surface area contributed by atoms with Crippen molar-refractivity contribution in [3.63, 3.8) is 0 Å². The highest BCUT2D eigenvalue weighted by Crippen LogP contribution is 2.27. The van der Waals surface area contributed by atoms with Gasteiger partial charge in [0, 0.05) is 0 Å². The van der Waals surface area contributed by atoms with Gasteiger partial charge in [0.15, 0.2) is 0 Å². The molecule has 2 aliphatic rings. The Hall–Kier alpha value is -2.32. The average Bonchev–Trinajstić information content (AvgIpc) is 2.76. The summed E-state index contributed by atoms with van der Waals surface area (Å²) in [5.41, 5.74) is 0.485. The van der Waals surface area contributed by atoms with Crippen LogP contribution in [0.4, 0.5) is 9.59 Å². The third kappa shape index (κ3) is 6.85. The van der Waals surface area contributed by atoms with Crippen LogP contribution in [0.15, 0.2) is 24.3 Å². The maximum atomic E-state index is 12.7. The Kier molecular flexibility index (Phi) is 8.47. The Labute approximate surface area is 203 Å². The minimum atomic E-state index is -0.662. The van der Waals surface area contributed by atoms with E-state index in [-0.39, 0.29) is 24.1 Å². The van der Waals surface area contributed by atoms with Crippen molar-refractivity contribution in [2.75, 3.05) is 0 Å². The van der Waals surface area contributed by atoms with Gasteiger partial charge < -0.3 is 31.5 Å². The van der Waals surface area contributed by atoms with Crippen LogP contribution in [0, 0.1) is 0 Å². The standard InChI is InChI=1S/C26H42N4O4/c1-25(2,29-23(33)27-19-12-5-7-14-21(19)31)17-10-9-11-18(16-17)26(3,4)30-24(34)28-20-13-6-8-15-22(20)32/h9-11,16,19-22,31-32H,5-8,12-15H2,1-4H3,(H2,27,29,33)(H2,28,30,34)/t19-,20-,21+,22+/m1/s1. The summed E-state index contributed by atoms with van der Waals surface area (Å²) in [4.78, 5) is 25.3. The molecule has 0 spiro atoms. The molecule has 34 heavy (non-hydrogen) atoms. The lowest BCUT2D eigenvalue weighted by Gasteiger charge is -2.34. The molecule has 0 bridgehead atoms. The van der Waals surface area contributed by atoms with Crippen LogP contribution in [0.2, 0.25) is 0 Å². The van der Waals surface area contributed by atoms with E-state index in [0.29, 0.717) is 12.8 Å². The van der Waals surface area contributed by atoms with Crippen molar-refractivity contribution in [3.05, 3.63) is 35.4 Å². The molecule has 2 fully saturated rings. The molecule has 0 aromatic heterocycles. The molecule has 0 heterocycles. The second-order valence-electron chi connectivity index (χ2n) is 10.9. The van der Waals surface area contributed by atoms with E-state index in [1.807, 2.05) is 52.0 Å². The third-order valence-corrected chi connectivity index (χ3v) is 7.25. The van der Waals surface area contributed by atoms with Crippen molar-refractivity contribution in [2.24, 2.45) is 0 Å². The van der Waals surface area contributed by atoms with Crippen LogP contribution < -0.4 is 21.3 Å². The molecular formula is C26H42N4O4. The quantitative estimate of drug-likeness (QED) is 0.378. The predicted octanol–water partition coefficient (Wildman–Crippen LogP) is 3.36. The fourth-order valence-electron chi connectivity index (χ4n) is 4.98. The van der Waals surface area contributed by atoms with Gasteiger partial charge >= 0.3 is 12.1 Å². The fourth-order valence-corrected chi connectivity index (χ4v) is 4.98. The van der Waals surface area contributed by atoms with E-state index in [4.69, 9.17) is 0 Å². The molecular weight excluding hydrogens is 432 g/mol. The Bertz CT molecular complexity index is 792. The van der Waals surface area contributed by atoms with Gasteiger partial charge in [-0.1, -0.05) is 49.9 Å². The van der Waals surface area contributed by atoms with Gasteiger partial charge in [0.1, 0.15) is 0 Å². The molecule has 8 heteroatoms. The van der Waals surface area contributed by atoms with Gasteiger partial charge in [-0.25, -0.2) is 9.59 Å². The molecule has 0 unspecified atom stereocenters. The molecule has 1 aromatic carbocycles. The first kappa shape index (κ1) is 26.3. The van der Waals surface area contributed by atoms with Crippen molar-refractivity contribution >= 4 is 12.1 Å². The van der Waals surface area contributed by atoms with Gasteiger partial charge in [0.25, 0.3) is 0 Å². The zero-order chi connectivity index (χ0) is 24.9. The Balaban J connectivity index is 1.63. The van der Waals surface area contributed by atoms with E-state index in [1.54, 1.807) is 0 Å². The minimum Gasteiger partial charge on any atom is -0.391 e. The number of rotatable bonds is 6. The van der Waals surface area contributed by atoms with Crippen molar-refractivity contribution in [1.29, 1.82) is 0 Å². The molecule has 2 saturated carbocycles. The van der Waals surface area contributed by atoms with Gasteiger partial charge in [-0.3, -0.25) is 0 Å². The molecule has 0 saturated heterocycles. The third-order valence-electron chi connectivity index (χ3n) is 7.25. The molecule has 1 aromatic rings. The lowest BCUT2D eigenvalue weighted by Crippen LogP contribution is -2.53. The van der Waals surface area contributed by atoms with Crippen LogP contribution in [0.1, 0.15) is 90.2 Å². The molecule has 2 aliphatic carbocycles. The molecule has 190 valence electrons. The van der Waals surface area contributed by atoms with E-state index < -0.39 is 23.3 Å². The first-order chi connectivity index (χ1) is 16.0. The second-order valence-corrected chi connectivity index (χ2v) is 10.9. The number of nitrogens with one attached hydrogen (secondary N) is 4. The summed E-state index contributed by atoms with van der Waals surface area (Å²) in [7, 11) is 0. The van der Waals surface area contributed by atoms with Gasteiger partial charge in [0.05, 0.1) is 35.4 Å². The number of urea groups is 2. The molecule has 6 N–H and O–H groups in total. The topological polar surface area (TPSA) is 123 Å². The Morgan fingerprint density at radius 2 is 1.12 bits per heavy atom. The molecule has 4 amide bonds. The number of aliphatic hydroxyl groups is 2. The molecule has 0 aliphatic heterocycles. The SMILES string of the molecule is CC(C)(NC(=O)N[C@@H]1CCCC[C@@H]1O)c1cccc(C(C)(C)NC(=O)N[C@@H]2CCCC[C@@H]2O)c1. The number of carbonyl (C=O) groups excluding carboxylic acids is 2. The van der Waals surface area contributed by atoms with E-state index >= 15 is 0 Å². The number of benzene rings is 1. The normalized spacial score (nSPS) is 25.8. The predicted molar refractivity (Wildman–Crippen MR) is 132 cm³/mol. The van der Waals surface area contributed by atoms with Crippen LogP contribution in [0.3, 0.4) is 0 Å². The fraction of sp³-hybridized carbons (Fsp3) is 0.692. The van der Waals surface area contributed by atoms with E-state index in [9.17, 15) is 19.8 Å². The first-order valence-electron chi connectivity index (χ1n) is 12.6. The van der Waals surface area contributed by atoms with E-state index in [1.165, 1.54) is 0 Å². The van der Waals surface area contributed by atoms with Crippen molar-refractivity contribution in [2.45, 2.75) is 114 Å². The summed E-state index contributed by atoms with van der Waals surface area (Å²) in [5, 5.41) is 32.2. The molecule has 0 radical (unpaired) electrons. The van der Waals surface area contributed by atoms with Crippen LogP contribution in [-0.2, 0) is 11.1 Å². The smallest absolute Gasteiger partial charge is 0.315 e. The number of amides is 4. The van der Waals surface area contributed by atoms with Crippen LogP contribution in [0.5, 0.6) is 0 Å². The van der Waals surface area contributed by atoms with Crippen LogP contribution in [-0.4, -0.2) is 46.6 Å². The lowest BCUT2D eigenvalue weighted by atomic mass is 9.87. The second kappa shape index (κ2) is 11.0. The van der Waals surface area contributed by atoms with Crippen LogP contribution >= 0.6 is 0 Å². The monoisotopic (exact) mass is 474 g/mol. The summed E-state index contributed by atoms with van der Waals surface area (Å²) in [6.07, 6.45) is 5.97. The summed E-state index contributed by atoms with van der Waals surface area (Å²) in [5.74, 6) is 0. The summed E-state index contributed by atoms with van der Waals surface area (Å²) >= 11 is 0. The minimum absolute atomic E-state index is 0.222. The number of carbonyl (C=O) groups is 2. The lowest BCUT2D eigenvalue weighted by molar-refractivity contribution is 0.0935. The van der Waals surface area contributed by atoms with E-state index in [2.05, 4.69) is 21.3 Å². The maximum Gasteiger partial charge on any atom is 0.315 e. The average molecular weight is 475 g/mol. The highest BCUT2D eigenvalue weighted by Gasteiger charge is 2.31. The zero-order valence-corrected chi connectivity index (χ0v) is 21.0. The number of hydrogen-bond donors (Lipinski definition) is 6. The van der Waals surface area contributed by atoms with Gasteiger partial charge in [-0.15, -0.1) is 0 Å². The molecule has 8 nitrogen and oxygen atoms in total. The summed E-state index contributed by atoms with van der Waals surface area (Å²) in [6.45, 7) is 7.72. The van der Waals surface area contributed by atoms with Gasteiger partial charge in [-0.05, 0) is 64.5 Å². The molecule has 4 atom stereocenters. The number of aliphatic hydroxyl groups excluding tert-OH is 2. The highest BCUT2D eigenvalue weighted by molar-refractivity contribution is 5.76. The molecule has 3 rings (SSSR count). The summed E-state index contributed by atoms with van der Waals surface area (Å²) in [6, 6.07) is 6.77. The van der Waals surface area contributed by atoms with Crippen molar-refractivity contribution in [3.8, 4) is 0 Å². The van der Waals surface area contributed by atoms with Gasteiger partial charge in [0.2, 0.25) is 0 Å². The van der Waals surface area contributed by atoms with E-state index in [0.717, 1.165) is 49.7 Å². The van der Waals surface area contributed by atoms with Crippen molar-refractivity contribution < 1.29 is 19.8 Å². The maximum absolute atomic E-state index is 12.7. The zero-order valence-electron chi connectivity index (χ0n) is 21.0. The van der Waals surface area contributed by atoms with Crippen molar-refractivity contribution in [1.82, 2.24) is 21.3 Å². The largest absolute Gasteiger partial charge is 0.391 e. The Morgan fingerprint density at radius 1 is 0.735 bits per heavy atom. The number of hydrogen-bond acceptors (Lipinski definition) is 4. The highest BCUT2D eigenvalue weighted by atomic mass is 16.3. The van der Waals surface area contributed by atoms with Crippen LogP contribution in [0.25, 0.3) is 0 Å².